The first-order valence-electron chi connectivity index (χ1n) is 8.94. The van der Waals surface area contributed by atoms with Gasteiger partial charge in [-0.1, -0.05) is 6.92 Å². The van der Waals surface area contributed by atoms with Crippen LogP contribution in [0.2, 0.25) is 0 Å². The second-order valence-electron chi connectivity index (χ2n) is 6.78. The van der Waals surface area contributed by atoms with Crippen LogP contribution in [0.4, 0.5) is 10.5 Å². The number of hydrogen-bond donors (Lipinski definition) is 2. The lowest BCUT2D eigenvalue weighted by Gasteiger charge is -2.36. The molecule has 10 heteroatoms. The Morgan fingerprint density at radius 2 is 1.93 bits per heavy atom. The van der Waals surface area contributed by atoms with Crippen molar-refractivity contribution in [2.75, 3.05) is 25.0 Å². The predicted octanol–water partition coefficient (Wildman–Crippen LogP) is 1.73. The number of anilines is 1. The van der Waals surface area contributed by atoms with Gasteiger partial charge in [-0.25, -0.2) is 18.4 Å². The topological polar surface area (TPSA) is 105 Å². The molecule has 2 aliphatic rings. The van der Waals surface area contributed by atoms with Gasteiger partial charge in [0.15, 0.2) is 5.11 Å². The number of carbonyl (C=O) groups is 1. The predicted molar refractivity (Wildman–Crippen MR) is 106 cm³/mol. The molecule has 3 rings (SSSR count). The van der Waals surface area contributed by atoms with E-state index in [-0.39, 0.29) is 23.1 Å². The quantitative estimate of drug-likeness (QED) is 0.726. The van der Waals surface area contributed by atoms with Gasteiger partial charge in [0.25, 0.3) is 0 Å². The summed E-state index contributed by atoms with van der Waals surface area (Å²) in [5, 5.41) is 8.79. The number of cyclic esters (lactones) is 1. The Labute approximate surface area is 164 Å². The number of sulfonamides is 1. The zero-order chi connectivity index (χ0) is 19.6. The minimum Gasteiger partial charge on any atom is -0.444 e. The molecule has 0 aromatic heterocycles. The Hall–Kier alpha value is -1.91. The second-order valence-corrected chi connectivity index (χ2v) is 8.73. The molecule has 0 spiro atoms. The zero-order valence-electron chi connectivity index (χ0n) is 15.1. The Morgan fingerprint density at radius 1 is 1.30 bits per heavy atom. The third-order valence-electron chi connectivity index (χ3n) is 4.98. The van der Waals surface area contributed by atoms with Crippen molar-refractivity contribution < 1.29 is 17.9 Å². The highest BCUT2D eigenvalue weighted by Crippen LogP contribution is 2.24. The van der Waals surface area contributed by atoms with Gasteiger partial charge < -0.3 is 19.9 Å². The molecule has 8 nitrogen and oxygen atoms in total. The molecule has 2 fully saturated rings. The van der Waals surface area contributed by atoms with Crippen LogP contribution >= 0.6 is 12.2 Å². The number of nitrogens with two attached hydrogens (primary N) is 1. The van der Waals surface area contributed by atoms with Crippen molar-refractivity contribution in [2.45, 2.75) is 43.2 Å². The fourth-order valence-corrected chi connectivity index (χ4v) is 4.18. The molecule has 0 saturated carbocycles. The molecule has 0 aliphatic carbocycles. The lowest BCUT2D eigenvalue weighted by molar-refractivity contribution is 0.119. The lowest BCUT2D eigenvalue weighted by Crippen LogP contribution is -2.48. The highest BCUT2D eigenvalue weighted by atomic mass is 32.2. The second kappa shape index (κ2) is 7.99. The van der Waals surface area contributed by atoms with E-state index in [0.717, 1.165) is 32.4 Å². The molecule has 1 atom stereocenters. The summed E-state index contributed by atoms with van der Waals surface area (Å²) in [5.74, 6) is 0. The Bertz CT molecular complexity index is 805. The van der Waals surface area contributed by atoms with Crippen LogP contribution in [-0.4, -0.2) is 61.2 Å². The minimum atomic E-state index is -3.71. The van der Waals surface area contributed by atoms with Crippen molar-refractivity contribution in [1.82, 2.24) is 9.80 Å². The Kier molecular flexibility index (Phi) is 5.87. The van der Waals surface area contributed by atoms with E-state index in [2.05, 4.69) is 10.2 Å². The maximum Gasteiger partial charge on any atom is 0.410 e. The van der Waals surface area contributed by atoms with E-state index in [4.69, 9.17) is 22.1 Å². The Morgan fingerprint density at radius 3 is 2.44 bits per heavy atom. The third-order valence-corrected chi connectivity index (χ3v) is 6.27. The summed E-state index contributed by atoms with van der Waals surface area (Å²) >= 11 is 5.46. The van der Waals surface area contributed by atoms with E-state index in [9.17, 15) is 13.2 Å². The number of rotatable bonds is 4. The van der Waals surface area contributed by atoms with Gasteiger partial charge in [0.2, 0.25) is 10.0 Å². The number of hydrogen-bond acceptors (Lipinski definition) is 5. The normalized spacial score (nSPS) is 21.3. The zero-order valence-corrected chi connectivity index (χ0v) is 16.8. The molecule has 1 amide bonds. The van der Waals surface area contributed by atoms with Gasteiger partial charge in [0, 0.05) is 24.8 Å². The van der Waals surface area contributed by atoms with Crippen LogP contribution in [-0.2, 0) is 14.8 Å². The standard InChI is InChI=1S/C17H24N4O4S2/c1-2-14-11-21(17(22)25-14)13-7-9-20(10-8-13)16(26)19-12-3-5-15(6-4-12)27(18,23)24/h3-6,13-14H,2,7-11H2,1H3,(H,19,26)(H2,18,23,24). The van der Waals surface area contributed by atoms with Crippen LogP contribution in [0.5, 0.6) is 0 Å². The molecular weight excluding hydrogens is 388 g/mol. The van der Waals surface area contributed by atoms with E-state index in [1.807, 2.05) is 11.8 Å². The van der Waals surface area contributed by atoms with Crippen molar-refractivity contribution in [3.63, 3.8) is 0 Å². The maximum atomic E-state index is 12.0. The first-order chi connectivity index (χ1) is 12.8. The first kappa shape index (κ1) is 19.8. The first-order valence-corrected chi connectivity index (χ1v) is 10.9. The molecule has 27 heavy (non-hydrogen) atoms. The van der Waals surface area contributed by atoms with E-state index in [1.54, 1.807) is 12.1 Å². The number of carbonyl (C=O) groups excluding carboxylic acids is 1. The smallest absolute Gasteiger partial charge is 0.410 e. The summed E-state index contributed by atoms with van der Waals surface area (Å²) in [4.78, 5) is 16.0. The number of nitrogens with one attached hydrogen (secondary N) is 1. The van der Waals surface area contributed by atoms with Gasteiger partial charge in [0.05, 0.1) is 11.4 Å². The number of likely N-dealkylation sites (tertiary alicyclic amines) is 1. The number of piperidine rings is 1. The molecule has 0 radical (unpaired) electrons. The van der Waals surface area contributed by atoms with E-state index in [0.29, 0.717) is 17.3 Å². The largest absolute Gasteiger partial charge is 0.444 e. The van der Waals surface area contributed by atoms with Gasteiger partial charge in [-0.05, 0) is 55.7 Å². The van der Waals surface area contributed by atoms with E-state index < -0.39 is 10.0 Å². The number of nitrogens with zero attached hydrogens (tertiary/aromatic N) is 2. The summed E-state index contributed by atoms with van der Waals surface area (Å²) in [6.45, 7) is 4.17. The van der Waals surface area contributed by atoms with Crippen LogP contribution in [0.25, 0.3) is 0 Å². The fraction of sp³-hybridized carbons (Fsp3) is 0.529. The molecule has 1 unspecified atom stereocenters. The number of primary sulfonamides is 1. The maximum absolute atomic E-state index is 12.0. The van der Waals surface area contributed by atoms with Crippen LogP contribution in [0.1, 0.15) is 26.2 Å². The highest BCUT2D eigenvalue weighted by Gasteiger charge is 2.36. The van der Waals surface area contributed by atoms with Gasteiger partial charge in [0.1, 0.15) is 6.10 Å². The third kappa shape index (κ3) is 4.69. The van der Waals surface area contributed by atoms with E-state index in [1.165, 1.54) is 12.1 Å². The van der Waals surface area contributed by atoms with Crippen molar-refractivity contribution >= 4 is 39.1 Å². The van der Waals surface area contributed by atoms with E-state index >= 15 is 0 Å². The van der Waals surface area contributed by atoms with Crippen molar-refractivity contribution in [2.24, 2.45) is 5.14 Å². The summed E-state index contributed by atoms with van der Waals surface area (Å²) in [6.07, 6.45) is 2.28. The average Bonchev–Trinajstić information content (AvgIpc) is 3.02. The van der Waals surface area contributed by atoms with Crippen LogP contribution < -0.4 is 10.5 Å². The average molecular weight is 413 g/mol. The Balaban J connectivity index is 1.52. The van der Waals surface area contributed by atoms with Crippen LogP contribution in [0.3, 0.4) is 0 Å². The number of ether oxygens (including phenoxy) is 1. The van der Waals surface area contributed by atoms with Crippen LogP contribution in [0.15, 0.2) is 29.2 Å². The van der Waals surface area contributed by atoms with Gasteiger partial charge >= 0.3 is 6.09 Å². The number of benzene rings is 1. The molecule has 1 aromatic rings. The van der Waals surface area contributed by atoms with Crippen LogP contribution in [0, 0.1) is 0 Å². The monoisotopic (exact) mass is 412 g/mol. The molecule has 0 bridgehead atoms. The molecular formula is C17H24N4O4S2. The number of amides is 1. The lowest BCUT2D eigenvalue weighted by atomic mass is 10.0. The highest BCUT2D eigenvalue weighted by molar-refractivity contribution is 7.89. The molecule has 148 valence electrons. The van der Waals surface area contributed by atoms with Gasteiger partial charge in [-0.3, -0.25) is 0 Å². The summed E-state index contributed by atoms with van der Waals surface area (Å²) in [5.41, 5.74) is 0.698. The van der Waals surface area contributed by atoms with Gasteiger partial charge in [-0.15, -0.1) is 0 Å². The van der Waals surface area contributed by atoms with Crippen molar-refractivity contribution in [1.29, 1.82) is 0 Å². The van der Waals surface area contributed by atoms with Gasteiger partial charge in [-0.2, -0.15) is 0 Å². The summed E-state index contributed by atoms with van der Waals surface area (Å²) in [6, 6.07) is 6.32. The van der Waals surface area contributed by atoms with Crippen molar-refractivity contribution in [3.05, 3.63) is 24.3 Å². The molecule has 1 aromatic carbocycles. The molecule has 2 saturated heterocycles. The molecule has 2 heterocycles. The summed E-state index contributed by atoms with van der Waals surface area (Å²) in [7, 11) is -3.71. The molecule has 2 aliphatic heterocycles. The summed E-state index contributed by atoms with van der Waals surface area (Å²) < 4.78 is 28.0. The van der Waals surface area contributed by atoms with Crippen molar-refractivity contribution in [3.8, 4) is 0 Å². The fourth-order valence-electron chi connectivity index (χ4n) is 3.36. The molecule has 3 N–H and O–H groups in total. The number of thiocarbonyl (C=S) groups is 1. The SMILES string of the molecule is CCC1CN(C2CCN(C(=S)Nc3ccc(S(N)(=O)=O)cc3)CC2)C(=O)O1. The minimum absolute atomic E-state index is 0.00132.